The standard InChI is InChI=1S/C21H17ClN2O3S/c1-2-21(25)24(16-8-4-3-5-9-16)17-12-14-18(15-13-17)28(26,27)23-20-11-7-6-10-19(20)22/h2-15,23H,1H2. The van der Waals surface area contributed by atoms with Crippen molar-refractivity contribution in [3.05, 3.63) is 96.5 Å². The molecule has 0 bridgehead atoms. The van der Waals surface area contributed by atoms with Crippen molar-refractivity contribution in [3.8, 4) is 0 Å². The molecule has 0 heterocycles. The predicted octanol–water partition coefficient (Wildman–Crippen LogP) is 4.99. The minimum atomic E-state index is -3.83. The van der Waals surface area contributed by atoms with Gasteiger partial charge in [-0.2, -0.15) is 0 Å². The van der Waals surface area contributed by atoms with Gasteiger partial charge in [0, 0.05) is 11.4 Å². The third-order valence-corrected chi connectivity index (χ3v) is 5.64. The van der Waals surface area contributed by atoms with E-state index < -0.39 is 10.0 Å². The summed E-state index contributed by atoms with van der Waals surface area (Å²) in [7, 11) is -3.83. The molecule has 0 unspecified atom stereocenters. The highest BCUT2D eigenvalue weighted by atomic mass is 35.5. The summed E-state index contributed by atoms with van der Waals surface area (Å²) in [5, 5.41) is 0.300. The van der Waals surface area contributed by atoms with Crippen LogP contribution in [0.2, 0.25) is 5.02 Å². The van der Waals surface area contributed by atoms with Crippen LogP contribution in [0.5, 0.6) is 0 Å². The summed E-state index contributed by atoms with van der Waals surface area (Å²) in [4.78, 5) is 13.8. The lowest BCUT2D eigenvalue weighted by molar-refractivity contribution is -0.113. The minimum absolute atomic E-state index is 0.0511. The number of hydrogen-bond donors (Lipinski definition) is 1. The van der Waals surface area contributed by atoms with Crippen LogP contribution in [0.3, 0.4) is 0 Å². The van der Waals surface area contributed by atoms with Crippen LogP contribution in [-0.2, 0) is 14.8 Å². The molecule has 3 aromatic rings. The van der Waals surface area contributed by atoms with Gasteiger partial charge in [0.1, 0.15) is 0 Å². The third kappa shape index (κ3) is 4.24. The van der Waals surface area contributed by atoms with Crippen LogP contribution in [0.25, 0.3) is 0 Å². The zero-order chi connectivity index (χ0) is 20.1. The molecule has 0 fully saturated rings. The minimum Gasteiger partial charge on any atom is -0.278 e. The number of benzene rings is 3. The van der Waals surface area contributed by atoms with Gasteiger partial charge >= 0.3 is 0 Å². The van der Waals surface area contributed by atoms with Crippen LogP contribution in [0.4, 0.5) is 17.1 Å². The van der Waals surface area contributed by atoms with Crippen LogP contribution in [0.1, 0.15) is 0 Å². The van der Waals surface area contributed by atoms with Crippen LogP contribution >= 0.6 is 11.6 Å². The maximum absolute atomic E-state index is 12.6. The highest BCUT2D eigenvalue weighted by Gasteiger charge is 2.19. The molecular formula is C21H17ClN2O3S. The molecule has 0 aliphatic rings. The smallest absolute Gasteiger partial charge is 0.261 e. The van der Waals surface area contributed by atoms with E-state index in [0.29, 0.717) is 22.1 Å². The summed E-state index contributed by atoms with van der Waals surface area (Å²) in [6.07, 6.45) is 1.20. The van der Waals surface area contributed by atoms with Crippen LogP contribution in [0.15, 0.2) is 96.4 Å². The fourth-order valence-corrected chi connectivity index (χ4v) is 3.91. The number of nitrogens with one attached hydrogen (secondary N) is 1. The van der Waals surface area contributed by atoms with Crippen molar-refractivity contribution in [2.75, 3.05) is 9.62 Å². The Morgan fingerprint density at radius 2 is 1.46 bits per heavy atom. The van der Waals surface area contributed by atoms with Gasteiger partial charge in [-0.1, -0.05) is 48.5 Å². The number of nitrogens with zero attached hydrogens (tertiary/aromatic N) is 1. The molecule has 3 rings (SSSR count). The molecule has 5 nitrogen and oxygen atoms in total. The third-order valence-electron chi connectivity index (χ3n) is 3.93. The van der Waals surface area contributed by atoms with E-state index in [-0.39, 0.29) is 10.8 Å². The molecule has 1 amide bonds. The monoisotopic (exact) mass is 412 g/mol. The molecule has 7 heteroatoms. The predicted molar refractivity (Wildman–Crippen MR) is 112 cm³/mol. The molecule has 142 valence electrons. The van der Waals surface area contributed by atoms with Gasteiger partial charge in [-0.25, -0.2) is 8.42 Å². The van der Waals surface area contributed by atoms with E-state index in [4.69, 9.17) is 11.6 Å². The largest absolute Gasteiger partial charge is 0.278 e. The van der Waals surface area contributed by atoms with Gasteiger partial charge in [0.2, 0.25) is 0 Å². The first kappa shape index (κ1) is 19.7. The number of sulfonamides is 1. The number of halogens is 1. The zero-order valence-electron chi connectivity index (χ0n) is 14.7. The maximum Gasteiger partial charge on any atom is 0.261 e. The summed E-state index contributed by atoms with van der Waals surface area (Å²) < 4.78 is 27.7. The van der Waals surface area contributed by atoms with Crippen molar-refractivity contribution >= 4 is 44.6 Å². The molecule has 0 aromatic heterocycles. The Labute approximate surface area is 168 Å². The quantitative estimate of drug-likeness (QED) is 0.580. The molecule has 1 N–H and O–H groups in total. The van der Waals surface area contributed by atoms with Crippen molar-refractivity contribution in [2.24, 2.45) is 0 Å². The Kier molecular flexibility index (Phi) is 5.82. The Morgan fingerprint density at radius 3 is 2.07 bits per heavy atom. The summed E-state index contributed by atoms with van der Waals surface area (Å²) >= 11 is 6.02. The summed E-state index contributed by atoms with van der Waals surface area (Å²) in [5.41, 5.74) is 1.46. The van der Waals surface area contributed by atoms with Gasteiger partial charge in [-0.3, -0.25) is 14.4 Å². The van der Waals surface area contributed by atoms with Crippen LogP contribution in [0, 0.1) is 0 Å². The molecule has 0 spiro atoms. The van der Waals surface area contributed by atoms with E-state index in [0.717, 1.165) is 0 Å². The number of anilines is 3. The molecule has 28 heavy (non-hydrogen) atoms. The maximum atomic E-state index is 12.6. The zero-order valence-corrected chi connectivity index (χ0v) is 16.3. The molecular weight excluding hydrogens is 396 g/mol. The number of amides is 1. The topological polar surface area (TPSA) is 66.5 Å². The second kappa shape index (κ2) is 8.29. The molecule has 0 radical (unpaired) electrons. The number of hydrogen-bond acceptors (Lipinski definition) is 3. The molecule has 0 atom stereocenters. The van der Waals surface area contributed by atoms with E-state index in [1.54, 1.807) is 48.5 Å². The number of carbonyl (C=O) groups is 1. The van der Waals surface area contributed by atoms with E-state index in [2.05, 4.69) is 11.3 Å². The average Bonchev–Trinajstić information content (AvgIpc) is 2.71. The van der Waals surface area contributed by atoms with Gasteiger partial charge < -0.3 is 0 Å². The SMILES string of the molecule is C=CC(=O)N(c1ccccc1)c1ccc(S(=O)(=O)Nc2ccccc2Cl)cc1. The van der Waals surface area contributed by atoms with Crippen molar-refractivity contribution in [1.29, 1.82) is 0 Å². The summed E-state index contributed by atoms with van der Waals surface area (Å²) in [6, 6.07) is 21.6. The van der Waals surface area contributed by atoms with Crippen molar-refractivity contribution in [3.63, 3.8) is 0 Å². The van der Waals surface area contributed by atoms with Crippen molar-refractivity contribution in [1.82, 2.24) is 0 Å². The van der Waals surface area contributed by atoms with Crippen LogP contribution < -0.4 is 9.62 Å². The lowest BCUT2D eigenvalue weighted by Gasteiger charge is -2.21. The highest BCUT2D eigenvalue weighted by Crippen LogP contribution is 2.28. The molecule has 3 aromatic carbocycles. The summed E-state index contributed by atoms with van der Waals surface area (Å²) in [6.45, 7) is 3.53. The van der Waals surface area contributed by atoms with Gasteiger partial charge in [-0.15, -0.1) is 0 Å². The lowest BCUT2D eigenvalue weighted by atomic mass is 10.2. The first-order valence-corrected chi connectivity index (χ1v) is 10.2. The number of para-hydroxylation sites is 2. The molecule has 0 aliphatic heterocycles. The molecule has 0 saturated carbocycles. The number of rotatable bonds is 6. The number of carbonyl (C=O) groups excluding carboxylic acids is 1. The van der Waals surface area contributed by atoms with Crippen molar-refractivity contribution in [2.45, 2.75) is 4.90 Å². The van der Waals surface area contributed by atoms with E-state index in [1.807, 2.05) is 18.2 Å². The highest BCUT2D eigenvalue weighted by molar-refractivity contribution is 7.92. The second-order valence-corrected chi connectivity index (χ2v) is 7.88. The van der Waals surface area contributed by atoms with E-state index in [1.165, 1.54) is 23.1 Å². The van der Waals surface area contributed by atoms with Gasteiger partial charge in [-0.05, 0) is 54.6 Å². The average molecular weight is 413 g/mol. The first-order valence-electron chi connectivity index (χ1n) is 8.31. The van der Waals surface area contributed by atoms with Crippen LogP contribution in [-0.4, -0.2) is 14.3 Å². The fraction of sp³-hybridized carbons (Fsp3) is 0. The summed E-state index contributed by atoms with van der Waals surface area (Å²) in [5.74, 6) is -0.323. The fourth-order valence-electron chi connectivity index (χ4n) is 2.59. The Balaban J connectivity index is 1.92. The molecule has 0 saturated heterocycles. The lowest BCUT2D eigenvalue weighted by Crippen LogP contribution is -2.23. The van der Waals surface area contributed by atoms with E-state index >= 15 is 0 Å². The second-order valence-electron chi connectivity index (χ2n) is 5.79. The van der Waals surface area contributed by atoms with Crippen molar-refractivity contribution < 1.29 is 13.2 Å². The Hall–Kier alpha value is -3.09. The van der Waals surface area contributed by atoms with Gasteiger partial charge in [0.25, 0.3) is 15.9 Å². The Bertz CT molecular complexity index is 1100. The Morgan fingerprint density at radius 1 is 0.893 bits per heavy atom. The van der Waals surface area contributed by atoms with E-state index in [9.17, 15) is 13.2 Å². The first-order chi connectivity index (χ1) is 13.4. The van der Waals surface area contributed by atoms with Gasteiger partial charge in [0.15, 0.2) is 0 Å². The normalized spacial score (nSPS) is 10.9. The molecule has 0 aliphatic carbocycles. The van der Waals surface area contributed by atoms with Gasteiger partial charge in [0.05, 0.1) is 15.6 Å².